The number of halogens is 1. The van der Waals surface area contributed by atoms with Crippen molar-refractivity contribution >= 4 is 21.6 Å². The van der Waals surface area contributed by atoms with Gasteiger partial charge in [-0.2, -0.15) is 0 Å². The van der Waals surface area contributed by atoms with Gasteiger partial charge in [-0.3, -0.25) is 9.10 Å². The lowest BCUT2D eigenvalue weighted by atomic mass is 10.00. The van der Waals surface area contributed by atoms with Gasteiger partial charge in [0.1, 0.15) is 11.9 Å². The first-order valence-corrected chi connectivity index (χ1v) is 10.5. The molecule has 0 radical (unpaired) electrons. The summed E-state index contributed by atoms with van der Waals surface area (Å²) in [5.74, 6) is -1.21. The van der Waals surface area contributed by atoms with E-state index in [4.69, 9.17) is 0 Å². The van der Waals surface area contributed by atoms with E-state index >= 15 is 0 Å². The predicted molar refractivity (Wildman–Crippen MR) is 106 cm³/mol. The Bertz CT molecular complexity index is 944. The molecule has 0 fully saturated rings. The molecule has 0 aromatic heterocycles. The van der Waals surface area contributed by atoms with E-state index in [1.807, 2.05) is 39.0 Å². The van der Waals surface area contributed by atoms with Crippen molar-refractivity contribution < 1.29 is 17.6 Å². The van der Waals surface area contributed by atoms with Crippen LogP contribution >= 0.6 is 0 Å². The molecule has 27 heavy (non-hydrogen) atoms. The van der Waals surface area contributed by atoms with Crippen molar-refractivity contribution in [3.8, 4) is 0 Å². The average molecular weight is 392 g/mol. The topological polar surface area (TPSA) is 66.5 Å². The maximum atomic E-state index is 14.2. The van der Waals surface area contributed by atoms with Crippen LogP contribution in [-0.4, -0.2) is 26.6 Å². The van der Waals surface area contributed by atoms with Crippen molar-refractivity contribution in [2.45, 2.75) is 39.8 Å². The standard InChI is InChI=1S/C20H25FN2O3S/c1-13-10-11-14(2)17(12-13)15(3)22-20(24)16(4)23(27(5,25)26)19-9-7-6-8-18(19)21/h6-12,15-16H,1-5H3,(H,22,24)/t15-,16-/m0/s1. The lowest BCUT2D eigenvalue weighted by molar-refractivity contribution is -0.122. The van der Waals surface area contributed by atoms with Gasteiger partial charge in [0.2, 0.25) is 15.9 Å². The molecule has 7 heteroatoms. The Morgan fingerprint density at radius 2 is 1.74 bits per heavy atom. The van der Waals surface area contributed by atoms with E-state index in [0.29, 0.717) is 0 Å². The number of hydrogen-bond acceptors (Lipinski definition) is 3. The highest BCUT2D eigenvalue weighted by atomic mass is 32.2. The molecule has 0 bridgehead atoms. The predicted octanol–water partition coefficient (Wildman–Crippen LogP) is 3.47. The average Bonchev–Trinajstić information content (AvgIpc) is 2.57. The number of amides is 1. The van der Waals surface area contributed by atoms with Crippen molar-refractivity contribution in [3.63, 3.8) is 0 Å². The van der Waals surface area contributed by atoms with Crippen molar-refractivity contribution in [2.75, 3.05) is 10.6 Å². The maximum Gasteiger partial charge on any atom is 0.244 e. The first-order chi connectivity index (χ1) is 12.5. The number of aryl methyl sites for hydroxylation is 2. The Labute approximate surface area is 160 Å². The number of nitrogens with zero attached hydrogens (tertiary/aromatic N) is 1. The van der Waals surface area contributed by atoms with Crippen LogP contribution in [0.25, 0.3) is 0 Å². The van der Waals surface area contributed by atoms with Gasteiger partial charge in [-0.15, -0.1) is 0 Å². The minimum Gasteiger partial charge on any atom is -0.348 e. The quantitative estimate of drug-likeness (QED) is 0.819. The van der Waals surface area contributed by atoms with Crippen LogP contribution in [-0.2, 0) is 14.8 Å². The van der Waals surface area contributed by atoms with Crippen LogP contribution in [0.4, 0.5) is 10.1 Å². The molecule has 146 valence electrons. The molecule has 1 N–H and O–H groups in total. The molecule has 0 heterocycles. The number of hydrogen-bond donors (Lipinski definition) is 1. The monoisotopic (exact) mass is 392 g/mol. The molecule has 2 aromatic rings. The fraction of sp³-hybridized carbons (Fsp3) is 0.350. The lowest BCUT2D eigenvalue weighted by Crippen LogP contribution is -2.48. The molecule has 2 aromatic carbocycles. The molecule has 0 aliphatic carbocycles. The largest absolute Gasteiger partial charge is 0.348 e. The van der Waals surface area contributed by atoms with Gasteiger partial charge < -0.3 is 5.32 Å². The summed E-state index contributed by atoms with van der Waals surface area (Å²) in [5.41, 5.74) is 2.89. The number of carbonyl (C=O) groups excluding carboxylic acids is 1. The number of nitrogens with one attached hydrogen (secondary N) is 1. The summed E-state index contributed by atoms with van der Waals surface area (Å²) in [5, 5.41) is 2.84. The smallest absolute Gasteiger partial charge is 0.244 e. The van der Waals surface area contributed by atoms with E-state index < -0.39 is 27.8 Å². The van der Waals surface area contributed by atoms with Gasteiger partial charge in [-0.1, -0.05) is 35.9 Å². The second-order valence-electron chi connectivity index (χ2n) is 6.78. The fourth-order valence-corrected chi connectivity index (χ4v) is 4.23. The summed E-state index contributed by atoms with van der Waals surface area (Å²) in [6.45, 7) is 7.19. The Morgan fingerprint density at radius 3 is 2.33 bits per heavy atom. The number of rotatable bonds is 6. The van der Waals surface area contributed by atoms with E-state index in [1.54, 1.807) is 0 Å². The lowest BCUT2D eigenvalue weighted by Gasteiger charge is -2.29. The second kappa shape index (κ2) is 8.08. The highest BCUT2D eigenvalue weighted by Gasteiger charge is 2.31. The number of para-hydroxylation sites is 1. The molecule has 2 atom stereocenters. The third-order valence-corrected chi connectivity index (χ3v) is 5.67. The van der Waals surface area contributed by atoms with Gasteiger partial charge >= 0.3 is 0 Å². The van der Waals surface area contributed by atoms with Crippen LogP contribution in [0.15, 0.2) is 42.5 Å². The Hall–Kier alpha value is -2.41. The molecular weight excluding hydrogens is 367 g/mol. The van der Waals surface area contributed by atoms with Crippen molar-refractivity contribution in [2.24, 2.45) is 0 Å². The van der Waals surface area contributed by atoms with E-state index in [-0.39, 0.29) is 11.7 Å². The molecular formula is C20H25FN2O3S. The molecule has 0 aliphatic rings. The molecule has 0 unspecified atom stereocenters. The van der Waals surface area contributed by atoms with Gasteiger partial charge in [-0.05, 0) is 51.0 Å². The molecule has 0 spiro atoms. The fourth-order valence-electron chi connectivity index (χ4n) is 3.05. The van der Waals surface area contributed by atoms with E-state index in [9.17, 15) is 17.6 Å². The SMILES string of the molecule is Cc1ccc(C)c([C@H](C)NC(=O)[C@H](C)N(c2ccccc2F)S(C)(=O)=O)c1. The van der Waals surface area contributed by atoms with Crippen LogP contribution in [0.2, 0.25) is 0 Å². The van der Waals surface area contributed by atoms with Crippen LogP contribution < -0.4 is 9.62 Å². The molecule has 0 saturated heterocycles. The molecule has 2 rings (SSSR count). The van der Waals surface area contributed by atoms with Crippen LogP contribution in [0.3, 0.4) is 0 Å². The highest BCUT2D eigenvalue weighted by molar-refractivity contribution is 7.92. The van der Waals surface area contributed by atoms with E-state index in [2.05, 4.69) is 5.32 Å². The van der Waals surface area contributed by atoms with Crippen molar-refractivity contribution in [1.82, 2.24) is 5.32 Å². The molecule has 0 aliphatic heterocycles. The highest BCUT2D eigenvalue weighted by Crippen LogP contribution is 2.25. The number of benzene rings is 2. The minimum atomic E-state index is -3.87. The zero-order valence-corrected chi connectivity index (χ0v) is 17.0. The van der Waals surface area contributed by atoms with Crippen LogP contribution in [0.1, 0.15) is 36.6 Å². The first-order valence-electron chi connectivity index (χ1n) is 8.64. The number of anilines is 1. The summed E-state index contributed by atoms with van der Waals surface area (Å²) >= 11 is 0. The van der Waals surface area contributed by atoms with Gasteiger partial charge in [0.05, 0.1) is 18.0 Å². The second-order valence-corrected chi connectivity index (χ2v) is 8.64. The first kappa shape index (κ1) is 20.9. The maximum absolute atomic E-state index is 14.2. The Balaban J connectivity index is 2.30. The van der Waals surface area contributed by atoms with E-state index in [1.165, 1.54) is 25.1 Å². The van der Waals surface area contributed by atoms with Gasteiger partial charge in [0.15, 0.2) is 0 Å². The molecule has 0 saturated carbocycles. The number of carbonyl (C=O) groups is 1. The van der Waals surface area contributed by atoms with Crippen LogP contribution in [0.5, 0.6) is 0 Å². The van der Waals surface area contributed by atoms with Gasteiger partial charge in [-0.25, -0.2) is 12.8 Å². The third-order valence-electron chi connectivity index (χ3n) is 4.44. The van der Waals surface area contributed by atoms with Gasteiger partial charge in [0, 0.05) is 0 Å². The zero-order chi connectivity index (χ0) is 20.4. The van der Waals surface area contributed by atoms with Gasteiger partial charge in [0.25, 0.3) is 0 Å². The summed E-state index contributed by atoms with van der Waals surface area (Å²) in [6, 6.07) is 10.0. The summed E-state index contributed by atoms with van der Waals surface area (Å²) < 4.78 is 39.5. The van der Waals surface area contributed by atoms with Crippen LogP contribution in [0, 0.1) is 19.7 Å². The molecule has 5 nitrogen and oxygen atoms in total. The minimum absolute atomic E-state index is 0.151. The molecule has 1 amide bonds. The summed E-state index contributed by atoms with van der Waals surface area (Å²) in [6.07, 6.45) is 0.956. The zero-order valence-electron chi connectivity index (χ0n) is 16.2. The normalized spacial score (nSPS) is 13.7. The summed E-state index contributed by atoms with van der Waals surface area (Å²) in [7, 11) is -3.87. The summed E-state index contributed by atoms with van der Waals surface area (Å²) in [4.78, 5) is 12.8. The number of sulfonamides is 1. The van der Waals surface area contributed by atoms with E-state index in [0.717, 1.165) is 33.3 Å². The Morgan fingerprint density at radius 1 is 1.11 bits per heavy atom. The Kier molecular flexibility index (Phi) is 6.26. The third kappa shape index (κ3) is 4.86. The van der Waals surface area contributed by atoms with Crippen molar-refractivity contribution in [1.29, 1.82) is 0 Å². The van der Waals surface area contributed by atoms with Crippen molar-refractivity contribution in [3.05, 3.63) is 65.0 Å².